The van der Waals surface area contributed by atoms with Crippen molar-refractivity contribution in [3.05, 3.63) is 10.4 Å². The van der Waals surface area contributed by atoms with Gasteiger partial charge in [-0.25, -0.2) is 0 Å². The molecule has 0 bridgehead atoms. The number of nitrogens with zero attached hydrogens (tertiary/aromatic N) is 3. The van der Waals surface area contributed by atoms with Gasteiger partial charge < -0.3 is 10.1 Å². The summed E-state index contributed by atoms with van der Waals surface area (Å²) in [5, 5.41) is 6.41. The molecule has 0 saturated carbocycles. The van der Waals surface area contributed by atoms with Crippen LogP contribution in [0.1, 0.15) is 26.2 Å². The minimum atomic E-state index is -0.216. The van der Waals surface area contributed by atoms with E-state index in [9.17, 15) is 4.79 Å². The van der Waals surface area contributed by atoms with E-state index in [0.29, 0.717) is 13.2 Å². The lowest BCUT2D eigenvalue weighted by Gasteiger charge is -2.03. The molecule has 6 nitrogen and oxygen atoms in total. The van der Waals surface area contributed by atoms with E-state index in [4.69, 9.17) is 10.3 Å². The Balaban J connectivity index is 3.10. The van der Waals surface area contributed by atoms with Crippen molar-refractivity contribution in [3.63, 3.8) is 0 Å². The first-order valence-electron chi connectivity index (χ1n) is 5.18. The Morgan fingerprint density at radius 3 is 2.93 bits per heavy atom. The molecule has 0 radical (unpaired) electrons. The fourth-order valence-corrected chi connectivity index (χ4v) is 1.06. The number of nitrogens with one attached hydrogen (secondary N) is 1. The molecule has 1 N–H and O–H groups in total. The molecule has 0 saturated heterocycles. The molecular formula is C9H18N4O2. The van der Waals surface area contributed by atoms with Crippen molar-refractivity contribution in [2.24, 2.45) is 5.11 Å². The third kappa shape index (κ3) is 10.7. The van der Waals surface area contributed by atoms with Crippen molar-refractivity contribution in [1.82, 2.24) is 5.32 Å². The molecule has 0 aromatic heterocycles. The smallest absolute Gasteiger partial charge is 0.319 e. The summed E-state index contributed by atoms with van der Waals surface area (Å²) >= 11 is 0. The van der Waals surface area contributed by atoms with Gasteiger partial charge >= 0.3 is 5.97 Å². The van der Waals surface area contributed by atoms with Crippen LogP contribution in [0.4, 0.5) is 0 Å². The number of unbranched alkanes of at least 4 members (excludes halogenated alkanes) is 2. The third-order valence-corrected chi connectivity index (χ3v) is 1.75. The standard InChI is InChI=1S/C9H18N4O2/c1-2-15-9(14)8-11-6-4-3-5-7-12-13-10/h11H,2-8H2,1H3. The number of rotatable bonds is 9. The molecule has 86 valence electrons. The topological polar surface area (TPSA) is 87.1 Å². The summed E-state index contributed by atoms with van der Waals surface area (Å²) in [4.78, 5) is 13.5. The van der Waals surface area contributed by atoms with Gasteiger partial charge in [-0.05, 0) is 31.8 Å². The van der Waals surface area contributed by atoms with E-state index in [2.05, 4.69) is 15.3 Å². The molecule has 0 rings (SSSR count). The lowest BCUT2D eigenvalue weighted by Crippen LogP contribution is -2.25. The van der Waals surface area contributed by atoms with Crippen LogP contribution in [0.5, 0.6) is 0 Å². The highest BCUT2D eigenvalue weighted by Crippen LogP contribution is 1.94. The van der Waals surface area contributed by atoms with Crippen molar-refractivity contribution in [2.45, 2.75) is 26.2 Å². The quantitative estimate of drug-likeness (QED) is 0.208. The highest BCUT2D eigenvalue weighted by molar-refractivity contribution is 5.71. The van der Waals surface area contributed by atoms with E-state index in [1.165, 1.54) is 0 Å². The van der Waals surface area contributed by atoms with Crippen LogP contribution in [0.25, 0.3) is 10.4 Å². The van der Waals surface area contributed by atoms with E-state index in [0.717, 1.165) is 25.8 Å². The second-order valence-corrected chi connectivity index (χ2v) is 3.00. The Bertz CT molecular complexity index is 214. The van der Waals surface area contributed by atoms with E-state index >= 15 is 0 Å². The maximum atomic E-state index is 10.9. The van der Waals surface area contributed by atoms with Crippen molar-refractivity contribution in [1.29, 1.82) is 0 Å². The lowest BCUT2D eigenvalue weighted by molar-refractivity contribution is -0.141. The van der Waals surface area contributed by atoms with E-state index in [1.807, 2.05) is 0 Å². The Labute approximate surface area is 89.6 Å². The Hall–Kier alpha value is -1.26. The van der Waals surface area contributed by atoms with Crippen LogP contribution in [0.2, 0.25) is 0 Å². The van der Waals surface area contributed by atoms with Gasteiger partial charge in [0, 0.05) is 11.5 Å². The van der Waals surface area contributed by atoms with Gasteiger partial charge in [0.25, 0.3) is 0 Å². The first-order chi connectivity index (χ1) is 7.31. The summed E-state index contributed by atoms with van der Waals surface area (Å²) in [6.07, 6.45) is 2.86. The summed E-state index contributed by atoms with van der Waals surface area (Å²) < 4.78 is 4.74. The van der Waals surface area contributed by atoms with Gasteiger partial charge in [0.2, 0.25) is 0 Å². The molecule has 0 aromatic carbocycles. The van der Waals surface area contributed by atoms with Gasteiger partial charge in [0.05, 0.1) is 13.2 Å². The lowest BCUT2D eigenvalue weighted by atomic mass is 10.2. The van der Waals surface area contributed by atoms with Gasteiger partial charge in [-0.15, -0.1) is 0 Å². The molecule has 0 heterocycles. The number of hydrogen-bond acceptors (Lipinski definition) is 4. The number of carbonyl (C=O) groups excluding carboxylic acids is 1. The average molecular weight is 214 g/mol. The third-order valence-electron chi connectivity index (χ3n) is 1.75. The van der Waals surface area contributed by atoms with Gasteiger partial charge in [-0.2, -0.15) is 0 Å². The van der Waals surface area contributed by atoms with Gasteiger partial charge in [-0.3, -0.25) is 4.79 Å². The molecule has 0 amide bonds. The molecule has 0 aliphatic rings. The number of carbonyl (C=O) groups is 1. The van der Waals surface area contributed by atoms with Crippen LogP contribution < -0.4 is 5.32 Å². The molecule has 6 heteroatoms. The van der Waals surface area contributed by atoms with Gasteiger partial charge in [0.15, 0.2) is 0 Å². The Morgan fingerprint density at radius 1 is 1.47 bits per heavy atom. The van der Waals surface area contributed by atoms with Crippen LogP contribution in [-0.2, 0) is 9.53 Å². The van der Waals surface area contributed by atoms with Crippen LogP contribution in [0.15, 0.2) is 5.11 Å². The van der Waals surface area contributed by atoms with E-state index < -0.39 is 0 Å². The molecule has 0 unspecified atom stereocenters. The highest BCUT2D eigenvalue weighted by atomic mass is 16.5. The van der Waals surface area contributed by atoms with Crippen molar-refractivity contribution >= 4 is 5.97 Å². The summed E-state index contributed by atoms with van der Waals surface area (Å²) in [5.74, 6) is -0.216. The summed E-state index contributed by atoms with van der Waals surface area (Å²) in [6, 6.07) is 0. The molecule has 15 heavy (non-hydrogen) atoms. The second kappa shape index (κ2) is 10.8. The molecular weight excluding hydrogens is 196 g/mol. The largest absolute Gasteiger partial charge is 0.465 e. The Kier molecular flexibility index (Phi) is 9.91. The number of esters is 1. The highest BCUT2D eigenvalue weighted by Gasteiger charge is 1.98. The first kappa shape index (κ1) is 13.7. The molecule has 0 aromatic rings. The maximum Gasteiger partial charge on any atom is 0.319 e. The predicted molar refractivity (Wildman–Crippen MR) is 57.4 cm³/mol. The summed E-state index contributed by atoms with van der Waals surface area (Å²) in [7, 11) is 0. The Morgan fingerprint density at radius 2 is 2.27 bits per heavy atom. The molecule has 0 aliphatic carbocycles. The predicted octanol–water partition coefficient (Wildman–Crippen LogP) is 1.62. The first-order valence-corrected chi connectivity index (χ1v) is 5.18. The van der Waals surface area contributed by atoms with Crippen LogP contribution in [-0.4, -0.2) is 32.2 Å². The molecule has 0 fully saturated rings. The zero-order chi connectivity index (χ0) is 11.4. The summed E-state index contributed by atoms with van der Waals surface area (Å²) in [6.45, 7) is 3.81. The zero-order valence-electron chi connectivity index (χ0n) is 9.11. The monoisotopic (exact) mass is 214 g/mol. The number of hydrogen-bond donors (Lipinski definition) is 1. The van der Waals surface area contributed by atoms with E-state index in [-0.39, 0.29) is 12.5 Å². The van der Waals surface area contributed by atoms with Crippen molar-refractivity contribution in [3.8, 4) is 0 Å². The zero-order valence-corrected chi connectivity index (χ0v) is 9.11. The van der Waals surface area contributed by atoms with Crippen LogP contribution in [0, 0.1) is 0 Å². The van der Waals surface area contributed by atoms with Crippen LogP contribution in [0.3, 0.4) is 0 Å². The van der Waals surface area contributed by atoms with Gasteiger partial charge in [0.1, 0.15) is 0 Å². The summed E-state index contributed by atoms with van der Waals surface area (Å²) in [5.41, 5.74) is 8.01. The molecule has 0 aliphatic heterocycles. The average Bonchev–Trinajstić information content (AvgIpc) is 2.22. The number of azide groups is 1. The van der Waals surface area contributed by atoms with Crippen molar-refractivity contribution in [2.75, 3.05) is 26.2 Å². The fourth-order valence-electron chi connectivity index (χ4n) is 1.06. The van der Waals surface area contributed by atoms with Crippen LogP contribution >= 0.6 is 0 Å². The normalized spacial score (nSPS) is 9.40. The maximum absolute atomic E-state index is 10.9. The SMILES string of the molecule is CCOC(=O)CNCCCCCN=[N+]=[N-]. The minimum absolute atomic E-state index is 0.216. The fraction of sp³-hybridized carbons (Fsp3) is 0.889. The second-order valence-electron chi connectivity index (χ2n) is 3.00. The number of ether oxygens (including phenoxy) is 1. The molecule has 0 atom stereocenters. The molecule has 0 spiro atoms. The minimum Gasteiger partial charge on any atom is -0.465 e. The van der Waals surface area contributed by atoms with Gasteiger partial charge in [-0.1, -0.05) is 11.5 Å². The van der Waals surface area contributed by atoms with Crippen molar-refractivity contribution < 1.29 is 9.53 Å². The van der Waals surface area contributed by atoms with E-state index in [1.54, 1.807) is 6.92 Å².